The van der Waals surface area contributed by atoms with Gasteiger partial charge in [0.15, 0.2) is 17.3 Å². The van der Waals surface area contributed by atoms with Gasteiger partial charge in [-0.15, -0.1) is 0 Å². The van der Waals surface area contributed by atoms with Crippen LogP contribution in [0.15, 0.2) is 42.5 Å². The summed E-state index contributed by atoms with van der Waals surface area (Å²) in [6.45, 7) is 0. The number of methoxy groups -OCH3 is 2. The normalized spacial score (nSPS) is 10.5. The Morgan fingerprint density at radius 2 is 1.84 bits per heavy atom. The van der Waals surface area contributed by atoms with Crippen LogP contribution in [0.1, 0.15) is 5.56 Å². The number of nitrogens with zero attached hydrogens (tertiary/aromatic N) is 1. The van der Waals surface area contributed by atoms with Gasteiger partial charge < -0.3 is 14.8 Å². The maximum atomic E-state index is 14.0. The summed E-state index contributed by atoms with van der Waals surface area (Å²) in [6.07, 6.45) is 2.37. The second kappa shape index (κ2) is 7.91. The largest absolute Gasteiger partial charge is 0.493 e. The molecule has 0 unspecified atom stereocenters. The van der Waals surface area contributed by atoms with Crippen molar-refractivity contribution in [2.24, 2.45) is 0 Å². The van der Waals surface area contributed by atoms with Crippen LogP contribution in [-0.2, 0) is 4.79 Å². The van der Waals surface area contributed by atoms with Crippen LogP contribution in [0.2, 0.25) is 0 Å². The number of para-hydroxylation sites is 1. The molecule has 130 valence electrons. The molecule has 2 rings (SSSR count). The Morgan fingerprint density at radius 1 is 1.20 bits per heavy atom. The second-order valence-corrected chi connectivity index (χ2v) is 4.83. The van der Waals surface area contributed by atoms with Crippen molar-refractivity contribution in [3.63, 3.8) is 0 Å². The highest BCUT2D eigenvalue weighted by atomic mass is 19.1. The van der Waals surface area contributed by atoms with E-state index in [0.717, 1.165) is 12.1 Å². The first-order valence-corrected chi connectivity index (χ1v) is 7.10. The van der Waals surface area contributed by atoms with Gasteiger partial charge in [0.05, 0.1) is 30.4 Å². The van der Waals surface area contributed by atoms with Gasteiger partial charge in [0.2, 0.25) is 5.91 Å². The molecule has 0 spiro atoms. The van der Waals surface area contributed by atoms with Gasteiger partial charge in [-0.3, -0.25) is 14.9 Å². The number of nitro groups is 1. The highest BCUT2D eigenvalue weighted by Gasteiger charge is 2.13. The molecule has 2 aromatic carbocycles. The molecule has 0 aliphatic heterocycles. The van der Waals surface area contributed by atoms with Crippen molar-refractivity contribution in [2.45, 2.75) is 0 Å². The lowest BCUT2D eigenvalue weighted by atomic mass is 10.1. The molecule has 0 bridgehead atoms. The summed E-state index contributed by atoms with van der Waals surface area (Å²) in [6, 6.07) is 8.32. The fourth-order valence-electron chi connectivity index (χ4n) is 2.08. The van der Waals surface area contributed by atoms with Crippen LogP contribution in [-0.4, -0.2) is 25.1 Å². The maximum absolute atomic E-state index is 14.0. The Bertz CT molecular complexity index is 836. The van der Waals surface area contributed by atoms with Crippen LogP contribution in [0.25, 0.3) is 6.08 Å². The zero-order valence-corrected chi connectivity index (χ0v) is 13.5. The lowest BCUT2D eigenvalue weighted by Gasteiger charge is -2.11. The molecular formula is C17H15FN2O5. The van der Waals surface area contributed by atoms with Gasteiger partial charge in [-0.05, 0) is 12.1 Å². The maximum Gasteiger partial charge on any atom is 0.276 e. The first-order chi connectivity index (χ1) is 12.0. The van der Waals surface area contributed by atoms with Crippen molar-refractivity contribution in [1.82, 2.24) is 0 Å². The SMILES string of the molecule is COc1cc(F)c(NC(=O)/C=C/c2ccccc2[N+](=O)[O-])cc1OC. The molecule has 25 heavy (non-hydrogen) atoms. The molecule has 0 atom stereocenters. The number of nitrogens with one attached hydrogen (secondary N) is 1. The number of anilines is 1. The van der Waals surface area contributed by atoms with E-state index in [2.05, 4.69) is 5.32 Å². The van der Waals surface area contributed by atoms with Gasteiger partial charge in [0.1, 0.15) is 0 Å². The van der Waals surface area contributed by atoms with Crippen molar-refractivity contribution >= 4 is 23.4 Å². The van der Waals surface area contributed by atoms with E-state index in [1.165, 1.54) is 44.6 Å². The summed E-state index contributed by atoms with van der Waals surface area (Å²) < 4.78 is 24.0. The zero-order valence-electron chi connectivity index (χ0n) is 13.5. The van der Waals surface area contributed by atoms with Gasteiger partial charge in [-0.2, -0.15) is 0 Å². The lowest BCUT2D eigenvalue weighted by Crippen LogP contribution is -2.10. The van der Waals surface area contributed by atoms with Gasteiger partial charge in [-0.25, -0.2) is 4.39 Å². The summed E-state index contributed by atoms with van der Waals surface area (Å²) >= 11 is 0. The quantitative estimate of drug-likeness (QED) is 0.492. The van der Waals surface area contributed by atoms with Crippen LogP contribution in [0.4, 0.5) is 15.8 Å². The number of carbonyl (C=O) groups is 1. The Labute approximate surface area is 142 Å². The Morgan fingerprint density at radius 3 is 2.48 bits per heavy atom. The molecule has 0 heterocycles. The predicted octanol–water partition coefficient (Wildman–Crippen LogP) is 3.40. The Balaban J connectivity index is 2.20. The highest BCUT2D eigenvalue weighted by molar-refractivity contribution is 6.02. The molecular weight excluding hydrogens is 331 g/mol. The third-order valence-electron chi connectivity index (χ3n) is 3.28. The number of amides is 1. The molecule has 2 aromatic rings. The van der Waals surface area contributed by atoms with E-state index in [1.807, 2.05) is 0 Å². The van der Waals surface area contributed by atoms with Crippen LogP contribution < -0.4 is 14.8 Å². The van der Waals surface area contributed by atoms with Gasteiger partial charge in [0.25, 0.3) is 5.69 Å². The Hall–Kier alpha value is -3.42. The number of carbonyl (C=O) groups excluding carboxylic acids is 1. The number of rotatable bonds is 6. The minimum atomic E-state index is -0.704. The van der Waals surface area contributed by atoms with E-state index in [4.69, 9.17) is 9.47 Å². The average Bonchev–Trinajstić information content (AvgIpc) is 2.61. The van der Waals surface area contributed by atoms with Crippen molar-refractivity contribution in [3.8, 4) is 11.5 Å². The van der Waals surface area contributed by atoms with E-state index < -0.39 is 16.6 Å². The van der Waals surface area contributed by atoms with E-state index in [-0.39, 0.29) is 28.4 Å². The minimum absolute atomic E-state index is 0.102. The number of ether oxygens (including phenoxy) is 2. The van der Waals surface area contributed by atoms with Crippen molar-refractivity contribution < 1.29 is 23.6 Å². The molecule has 1 amide bonds. The fraction of sp³-hybridized carbons (Fsp3) is 0.118. The molecule has 0 saturated carbocycles. The molecule has 0 aliphatic rings. The topological polar surface area (TPSA) is 90.7 Å². The van der Waals surface area contributed by atoms with Crippen LogP contribution in [0.3, 0.4) is 0 Å². The van der Waals surface area contributed by atoms with E-state index in [1.54, 1.807) is 6.07 Å². The molecule has 0 aromatic heterocycles. The molecule has 7 nitrogen and oxygen atoms in total. The Kier molecular flexibility index (Phi) is 5.67. The van der Waals surface area contributed by atoms with Crippen molar-refractivity contribution in [2.75, 3.05) is 19.5 Å². The number of benzene rings is 2. The smallest absolute Gasteiger partial charge is 0.276 e. The standard InChI is InChI=1S/C17H15FN2O5/c1-24-15-9-12(18)13(10-16(15)25-2)19-17(21)8-7-11-5-3-4-6-14(11)20(22)23/h3-10H,1-2H3,(H,19,21)/b8-7+. The van der Waals surface area contributed by atoms with Gasteiger partial charge in [-0.1, -0.05) is 12.1 Å². The monoisotopic (exact) mass is 346 g/mol. The first-order valence-electron chi connectivity index (χ1n) is 7.10. The van der Waals surface area contributed by atoms with Crippen LogP contribution in [0, 0.1) is 15.9 Å². The summed E-state index contributed by atoms with van der Waals surface area (Å²) in [5.41, 5.74) is 0.0224. The van der Waals surface area contributed by atoms with E-state index in [0.29, 0.717) is 0 Å². The number of hydrogen-bond acceptors (Lipinski definition) is 5. The summed E-state index contributed by atoms with van der Waals surface area (Å²) in [5, 5.41) is 13.3. The number of nitro benzene ring substituents is 1. The van der Waals surface area contributed by atoms with Gasteiger partial charge >= 0.3 is 0 Å². The van der Waals surface area contributed by atoms with Crippen molar-refractivity contribution in [3.05, 3.63) is 64.0 Å². The fourth-order valence-corrected chi connectivity index (χ4v) is 2.08. The molecule has 0 aliphatic carbocycles. The van der Waals surface area contributed by atoms with E-state index in [9.17, 15) is 19.3 Å². The van der Waals surface area contributed by atoms with Gasteiger partial charge in [0, 0.05) is 24.3 Å². The zero-order chi connectivity index (χ0) is 18.4. The number of hydrogen-bond donors (Lipinski definition) is 1. The molecule has 0 saturated heterocycles. The third kappa shape index (κ3) is 4.31. The van der Waals surface area contributed by atoms with E-state index >= 15 is 0 Å². The van der Waals surface area contributed by atoms with Crippen LogP contribution in [0.5, 0.6) is 11.5 Å². The molecule has 1 N–H and O–H groups in total. The third-order valence-corrected chi connectivity index (χ3v) is 3.28. The lowest BCUT2D eigenvalue weighted by molar-refractivity contribution is -0.385. The minimum Gasteiger partial charge on any atom is -0.493 e. The molecule has 8 heteroatoms. The average molecular weight is 346 g/mol. The van der Waals surface area contributed by atoms with Crippen LogP contribution >= 0.6 is 0 Å². The summed E-state index contributed by atoms with van der Waals surface area (Å²) in [4.78, 5) is 22.3. The molecule has 0 fully saturated rings. The summed E-state index contributed by atoms with van der Waals surface area (Å²) in [5.74, 6) is -0.912. The first kappa shape index (κ1) is 17.9. The molecule has 0 radical (unpaired) electrons. The highest BCUT2D eigenvalue weighted by Crippen LogP contribution is 2.32. The summed E-state index contributed by atoms with van der Waals surface area (Å²) in [7, 11) is 2.75. The number of halogens is 1. The second-order valence-electron chi connectivity index (χ2n) is 4.83. The predicted molar refractivity (Wildman–Crippen MR) is 90.3 cm³/mol. The van der Waals surface area contributed by atoms with Crippen molar-refractivity contribution in [1.29, 1.82) is 0 Å².